The maximum Gasteiger partial charge on any atom is 0.344 e. The number of rotatable bonds is 7. The molecule has 0 spiro atoms. The van der Waals surface area contributed by atoms with E-state index in [4.69, 9.17) is 4.74 Å². The standard InChI is InChI=1S/C16H18N6O6S/c23-13(17-18-14(24)10-3-1-4-11(7-10)22(26)27)9-29-16-20-19-15(25)21(16)8-12-5-2-6-28-12/h1,3-4,7,12H,2,5-6,8-9H2,(H,17,23)(H,18,24)(H,19,25). The lowest BCUT2D eigenvalue weighted by Gasteiger charge is -2.11. The molecule has 1 fully saturated rings. The molecule has 1 atom stereocenters. The molecule has 1 aliphatic rings. The third-order valence-electron chi connectivity index (χ3n) is 4.10. The number of nitro benzene ring substituents is 1. The van der Waals surface area contributed by atoms with E-state index in [1.807, 2.05) is 0 Å². The third-order valence-corrected chi connectivity index (χ3v) is 5.08. The molecule has 154 valence electrons. The van der Waals surface area contributed by atoms with Gasteiger partial charge in [-0.05, 0) is 18.9 Å². The summed E-state index contributed by atoms with van der Waals surface area (Å²) in [6, 6.07) is 5.11. The number of non-ortho nitro benzene ring substituents is 1. The molecule has 3 rings (SSSR count). The smallest absolute Gasteiger partial charge is 0.344 e. The Bertz CT molecular complexity index is 967. The van der Waals surface area contributed by atoms with Gasteiger partial charge in [-0.15, -0.1) is 5.10 Å². The topological polar surface area (TPSA) is 161 Å². The molecule has 2 amide bonds. The number of hydrogen-bond donors (Lipinski definition) is 3. The fraction of sp³-hybridized carbons (Fsp3) is 0.375. The minimum atomic E-state index is -0.692. The molecule has 1 aromatic carbocycles. The van der Waals surface area contributed by atoms with Crippen molar-refractivity contribution in [1.82, 2.24) is 25.6 Å². The van der Waals surface area contributed by atoms with E-state index in [9.17, 15) is 24.5 Å². The Kier molecular flexibility index (Phi) is 6.61. The number of carbonyl (C=O) groups excluding carboxylic acids is 2. The lowest BCUT2D eigenvalue weighted by molar-refractivity contribution is -0.384. The number of amides is 2. The third kappa shape index (κ3) is 5.42. The lowest BCUT2D eigenvalue weighted by atomic mass is 10.2. The van der Waals surface area contributed by atoms with E-state index in [0.29, 0.717) is 18.3 Å². The van der Waals surface area contributed by atoms with Crippen molar-refractivity contribution < 1.29 is 19.2 Å². The second-order valence-corrected chi connectivity index (χ2v) is 7.10. The highest BCUT2D eigenvalue weighted by molar-refractivity contribution is 7.99. The van der Waals surface area contributed by atoms with Crippen molar-refractivity contribution in [2.75, 3.05) is 12.4 Å². The summed E-state index contributed by atoms with van der Waals surface area (Å²) in [7, 11) is 0. The molecule has 0 aliphatic carbocycles. The van der Waals surface area contributed by atoms with Crippen molar-refractivity contribution in [2.24, 2.45) is 0 Å². The summed E-state index contributed by atoms with van der Waals surface area (Å²) < 4.78 is 6.92. The fourth-order valence-corrected chi connectivity index (χ4v) is 3.45. The maximum atomic E-state index is 12.0. The van der Waals surface area contributed by atoms with Gasteiger partial charge in [-0.3, -0.25) is 35.1 Å². The Morgan fingerprint density at radius 2 is 2.24 bits per heavy atom. The molecule has 12 nitrogen and oxygen atoms in total. The van der Waals surface area contributed by atoms with E-state index < -0.39 is 16.7 Å². The Morgan fingerprint density at radius 1 is 1.41 bits per heavy atom. The van der Waals surface area contributed by atoms with Crippen molar-refractivity contribution in [3.05, 3.63) is 50.4 Å². The number of nitrogens with one attached hydrogen (secondary N) is 3. The monoisotopic (exact) mass is 422 g/mol. The first-order chi connectivity index (χ1) is 13.9. The molecule has 1 aromatic heterocycles. The fourth-order valence-electron chi connectivity index (χ4n) is 2.69. The Morgan fingerprint density at radius 3 is 2.97 bits per heavy atom. The van der Waals surface area contributed by atoms with Gasteiger partial charge in [0.2, 0.25) is 5.91 Å². The van der Waals surface area contributed by atoms with Crippen molar-refractivity contribution in [3.8, 4) is 0 Å². The van der Waals surface area contributed by atoms with Crippen molar-refractivity contribution >= 4 is 29.3 Å². The maximum absolute atomic E-state index is 12.0. The van der Waals surface area contributed by atoms with E-state index in [2.05, 4.69) is 21.0 Å². The first-order valence-corrected chi connectivity index (χ1v) is 9.66. The summed E-state index contributed by atoms with van der Waals surface area (Å²) in [6.07, 6.45) is 1.73. The van der Waals surface area contributed by atoms with E-state index in [0.717, 1.165) is 30.7 Å². The van der Waals surface area contributed by atoms with Crippen LogP contribution < -0.4 is 16.5 Å². The molecule has 1 saturated heterocycles. The van der Waals surface area contributed by atoms with Gasteiger partial charge in [-0.2, -0.15) is 0 Å². The van der Waals surface area contributed by atoms with E-state index in [-0.39, 0.29) is 28.8 Å². The number of nitrogens with zero attached hydrogens (tertiary/aromatic N) is 3. The molecule has 13 heteroatoms. The summed E-state index contributed by atoms with van der Waals surface area (Å²) in [5.41, 5.74) is 3.82. The minimum absolute atomic E-state index is 0.0323. The highest BCUT2D eigenvalue weighted by Gasteiger charge is 2.20. The second kappa shape index (κ2) is 9.34. The number of carbonyl (C=O) groups is 2. The lowest BCUT2D eigenvalue weighted by Crippen LogP contribution is -2.42. The number of aromatic amines is 1. The van der Waals surface area contributed by atoms with Crippen molar-refractivity contribution in [3.63, 3.8) is 0 Å². The number of benzene rings is 1. The predicted octanol–water partition coefficient (Wildman–Crippen LogP) is 0.212. The summed E-state index contributed by atoms with van der Waals surface area (Å²) in [6.45, 7) is 1.01. The van der Waals surface area contributed by atoms with Gasteiger partial charge >= 0.3 is 5.69 Å². The summed E-state index contributed by atoms with van der Waals surface area (Å²) >= 11 is 1.03. The Balaban J connectivity index is 1.50. The first kappa shape index (κ1) is 20.5. The zero-order valence-corrected chi connectivity index (χ0v) is 15.9. The number of aromatic nitrogens is 3. The van der Waals surface area contributed by atoms with Crippen LogP contribution in [0.25, 0.3) is 0 Å². The zero-order valence-electron chi connectivity index (χ0n) is 15.1. The quantitative estimate of drug-likeness (QED) is 0.324. The van der Waals surface area contributed by atoms with E-state index in [1.165, 1.54) is 22.8 Å². The van der Waals surface area contributed by atoms with Gasteiger partial charge in [0, 0.05) is 24.3 Å². The molecule has 29 heavy (non-hydrogen) atoms. The molecule has 0 saturated carbocycles. The Hall–Kier alpha value is -3.19. The molecular formula is C16H18N6O6S. The van der Waals surface area contributed by atoms with Gasteiger partial charge < -0.3 is 4.74 Å². The van der Waals surface area contributed by atoms with Gasteiger partial charge in [0.05, 0.1) is 23.3 Å². The minimum Gasteiger partial charge on any atom is -0.376 e. The van der Waals surface area contributed by atoms with Gasteiger partial charge in [0.15, 0.2) is 5.16 Å². The van der Waals surface area contributed by atoms with Crippen LogP contribution in [0, 0.1) is 10.1 Å². The van der Waals surface area contributed by atoms with Crippen LogP contribution in [0.5, 0.6) is 0 Å². The largest absolute Gasteiger partial charge is 0.376 e. The van der Waals surface area contributed by atoms with Gasteiger partial charge in [0.1, 0.15) is 0 Å². The molecule has 0 bridgehead atoms. The van der Waals surface area contributed by atoms with Crippen LogP contribution in [-0.4, -0.2) is 50.0 Å². The number of hydrazine groups is 1. The first-order valence-electron chi connectivity index (χ1n) is 8.67. The van der Waals surface area contributed by atoms with Crippen LogP contribution in [-0.2, 0) is 16.1 Å². The van der Waals surface area contributed by atoms with Crippen LogP contribution >= 0.6 is 11.8 Å². The second-order valence-electron chi connectivity index (χ2n) is 6.16. The zero-order chi connectivity index (χ0) is 20.8. The van der Waals surface area contributed by atoms with Crippen molar-refractivity contribution in [1.29, 1.82) is 0 Å². The number of nitro groups is 1. The summed E-state index contributed by atoms with van der Waals surface area (Å²) in [5.74, 6) is -1.33. The summed E-state index contributed by atoms with van der Waals surface area (Å²) in [4.78, 5) is 46.0. The molecule has 2 aromatic rings. The molecule has 1 unspecified atom stereocenters. The van der Waals surface area contributed by atoms with Crippen LogP contribution in [0.15, 0.2) is 34.2 Å². The predicted molar refractivity (Wildman–Crippen MR) is 101 cm³/mol. The number of hydrogen-bond acceptors (Lipinski definition) is 8. The highest BCUT2D eigenvalue weighted by atomic mass is 32.2. The van der Waals surface area contributed by atoms with Gasteiger partial charge in [-0.1, -0.05) is 17.8 Å². The number of H-pyrrole nitrogens is 1. The SMILES string of the molecule is O=C(CSc1n[nH]c(=O)n1CC1CCCO1)NNC(=O)c1cccc([N+](=O)[O-])c1. The Labute approximate surface area is 168 Å². The molecule has 1 aliphatic heterocycles. The number of thioether (sulfide) groups is 1. The summed E-state index contributed by atoms with van der Waals surface area (Å²) in [5, 5.41) is 17.3. The van der Waals surface area contributed by atoms with Gasteiger partial charge in [0.25, 0.3) is 11.6 Å². The molecule has 2 heterocycles. The molecule has 0 radical (unpaired) electrons. The van der Waals surface area contributed by atoms with Crippen LogP contribution in [0.4, 0.5) is 5.69 Å². The molecule has 3 N–H and O–H groups in total. The van der Waals surface area contributed by atoms with E-state index in [1.54, 1.807) is 0 Å². The van der Waals surface area contributed by atoms with Crippen LogP contribution in [0.2, 0.25) is 0 Å². The number of ether oxygens (including phenoxy) is 1. The van der Waals surface area contributed by atoms with Crippen molar-refractivity contribution in [2.45, 2.75) is 30.6 Å². The van der Waals surface area contributed by atoms with Crippen LogP contribution in [0.1, 0.15) is 23.2 Å². The normalized spacial score (nSPS) is 15.8. The van der Waals surface area contributed by atoms with Crippen LogP contribution in [0.3, 0.4) is 0 Å². The van der Waals surface area contributed by atoms with Gasteiger partial charge in [-0.25, -0.2) is 9.89 Å². The highest BCUT2D eigenvalue weighted by Crippen LogP contribution is 2.18. The molecular weight excluding hydrogens is 404 g/mol. The average Bonchev–Trinajstić information content (AvgIpc) is 3.35. The van der Waals surface area contributed by atoms with E-state index >= 15 is 0 Å². The average molecular weight is 422 g/mol.